The molecule has 20 heavy (non-hydrogen) atoms. The number of aliphatic carboxylic acids is 1. The van der Waals surface area contributed by atoms with Gasteiger partial charge in [0.05, 0.1) is 11.5 Å². The van der Waals surface area contributed by atoms with Crippen molar-refractivity contribution in [3.05, 3.63) is 12.2 Å². The lowest BCUT2D eigenvalue weighted by Gasteiger charge is -2.32. The van der Waals surface area contributed by atoms with E-state index in [9.17, 15) is 14.7 Å². The maximum absolute atomic E-state index is 12.1. The third kappa shape index (κ3) is 3.15. The Balaban J connectivity index is 1.97. The molecule has 110 valence electrons. The Morgan fingerprint density at radius 3 is 2.70 bits per heavy atom. The first-order chi connectivity index (χ1) is 9.53. The van der Waals surface area contributed by atoms with Gasteiger partial charge in [-0.3, -0.25) is 14.7 Å². The van der Waals surface area contributed by atoms with Crippen LogP contribution in [-0.2, 0) is 9.59 Å². The number of carboxylic acid groups (broad SMARTS) is 1. The molecule has 0 spiro atoms. The van der Waals surface area contributed by atoms with Gasteiger partial charge in [-0.1, -0.05) is 19.3 Å². The number of hydrogen-bond acceptors (Lipinski definition) is 4. The van der Waals surface area contributed by atoms with E-state index in [1.54, 1.807) is 6.92 Å². The number of H-pyrrole nitrogens is 1. The van der Waals surface area contributed by atoms with Crippen LogP contribution in [0.3, 0.4) is 0 Å². The van der Waals surface area contributed by atoms with Gasteiger partial charge in [-0.15, -0.1) is 0 Å². The number of amides is 1. The highest BCUT2D eigenvalue weighted by Gasteiger charge is 2.41. The van der Waals surface area contributed by atoms with E-state index in [1.165, 1.54) is 6.33 Å². The Labute approximate surface area is 117 Å². The Kier molecular flexibility index (Phi) is 4.36. The van der Waals surface area contributed by atoms with Crippen molar-refractivity contribution in [2.45, 2.75) is 51.5 Å². The van der Waals surface area contributed by atoms with Crippen LogP contribution in [0.2, 0.25) is 0 Å². The van der Waals surface area contributed by atoms with Crippen molar-refractivity contribution in [2.24, 2.45) is 5.41 Å². The van der Waals surface area contributed by atoms with Crippen molar-refractivity contribution >= 4 is 11.9 Å². The summed E-state index contributed by atoms with van der Waals surface area (Å²) in [4.78, 5) is 27.6. The van der Waals surface area contributed by atoms with Crippen LogP contribution in [0.1, 0.15) is 57.3 Å². The molecule has 0 aliphatic heterocycles. The van der Waals surface area contributed by atoms with Crippen LogP contribution in [0.5, 0.6) is 0 Å². The highest BCUT2D eigenvalue weighted by atomic mass is 16.4. The van der Waals surface area contributed by atoms with E-state index in [0.717, 1.165) is 19.3 Å². The van der Waals surface area contributed by atoms with E-state index in [0.29, 0.717) is 18.7 Å². The Morgan fingerprint density at radius 2 is 2.15 bits per heavy atom. The lowest BCUT2D eigenvalue weighted by atomic mass is 9.71. The number of carboxylic acids is 1. The normalized spacial score (nSPS) is 19.2. The third-order valence-corrected chi connectivity index (χ3v) is 3.98. The molecule has 2 rings (SSSR count). The smallest absolute Gasteiger partial charge is 0.310 e. The largest absolute Gasteiger partial charge is 0.481 e. The number of hydrogen-bond donors (Lipinski definition) is 3. The topological polar surface area (TPSA) is 108 Å². The molecule has 3 N–H and O–H groups in total. The van der Waals surface area contributed by atoms with Gasteiger partial charge in [0.2, 0.25) is 5.91 Å². The first kappa shape index (κ1) is 14.5. The summed E-state index contributed by atoms with van der Waals surface area (Å²) in [6.07, 6.45) is 5.34. The first-order valence-electron chi connectivity index (χ1n) is 6.91. The fraction of sp³-hybridized carbons (Fsp3) is 0.692. The predicted octanol–water partition coefficient (Wildman–Crippen LogP) is 1.41. The highest BCUT2D eigenvalue weighted by molar-refractivity contribution is 5.85. The summed E-state index contributed by atoms with van der Waals surface area (Å²) in [5, 5.41) is 18.6. The van der Waals surface area contributed by atoms with Gasteiger partial charge in [0.25, 0.3) is 0 Å². The number of nitrogens with one attached hydrogen (secondary N) is 2. The first-order valence-corrected chi connectivity index (χ1v) is 6.91. The zero-order valence-corrected chi connectivity index (χ0v) is 11.6. The average molecular weight is 280 g/mol. The van der Waals surface area contributed by atoms with Crippen molar-refractivity contribution in [1.82, 2.24) is 20.5 Å². The van der Waals surface area contributed by atoms with Gasteiger partial charge in [-0.05, 0) is 19.8 Å². The van der Waals surface area contributed by atoms with Gasteiger partial charge in [-0.2, -0.15) is 5.10 Å². The number of rotatable bonds is 5. The Bertz CT molecular complexity index is 466. The van der Waals surface area contributed by atoms with Crippen molar-refractivity contribution in [2.75, 3.05) is 0 Å². The van der Waals surface area contributed by atoms with E-state index in [-0.39, 0.29) is 18.4 Å². The number of carbonyl (C=O) groups is 2. The number of nitrogens with zero attached hydrogens (tertiary/aromatic N) is 2. The second kappa shape index (κ2) is 6.02. The predicted molar refractivity (Wildman–Crippen MR) is 70.7 cm³/mol. The minimum absolute atomic E-state index is 0.0286. The van der Waals surface area contributed by atoms with Crippen molar-refractivity contribution < 1.29 is 14.7 Å². The van der Waals surface area contributed by atoms with E-state index < -0.39 is 11.4 Å². The zero-order chi connectivity index (χ0) is 14.6. The maximum Gasteiger partial charge on any atom is 0.310 e. The van der Waals surface area contributed by atoms with Gasteiger partial charge in [-0.25, -0.2) is 4.98 Å². The molecule has 1 aromatic heterocycles. The molecule has 0 saturated heterocycles. The summed E-state index contributed by atoms with van der Waals surface area (Å²) in [7, 11) is 0. The summed E-state index contributed by atoms with van der Waals surface area (Å²) < 4.78 is 0. The van der Waals surface area contributed by atoms with Crippen molar-refractivity contribution in [3.8, 4) is 0 Å². The van der Waals surface area contributed by atoms with Crippen molar-refractivity contribution in [3.63, 3.8) is 0 Å². The van der Waals surface area contributed by atoms with Crippen LogP contribution in [-0.4, -0.2) is 32.2 Å². The van der Waals surface area contributed by atoms with E-state index in [4.69, 9.17) is 0 Å². The van der Waals surface area contributed by atoms with Crippen LogP contribution in [0, 0.1) is 5.41 Å². The molecule has 1 aromatic rings. The molecular weight excluding hydrogens is 260 g/mol. The van der Waals surface area contributed by atoms with Crippen LogP contribution in [0.25, 0.3) is 0 Å². The van der Waals surface area contributed by atoms with Crippen LogP contribution >= 0.6 is 0 Å². The quantitative estimate of drug-likeness (QED) is 0.755. The lowest BCUT2D eigenvalue weighted by Crippen LogP contribution is -2.39. The minimum atomic E-state index is -0.899. The Hall–Kier alpha value is -1.92. The molecule has 0 bridgehead atoms. The van der Waals surface area contributed by atoms with E-state index >= 15 is 0 Å². The fourth-order valence-electron chi connectivity index (χ4n) is 2.79. The summed E-state index contributed by atoms with van der Waals surface area (Å²) >= 11 is 0. The molecule has 1 aliphatic carbocycles. The van der Waals surface area contributed by atoms with Crippen LogP contribution in [0.4, 0.5) is 0 Å². The standard InChI is InChI=1S/C13H20N4O3/c1-9(11-14-8-15-17-11)16-10(18)7-13(12(19)20)5-3-2-4-6-13/h8-9H,2-7H2,1H3,(H,16,18)(H,19,20)(H,14,15,17). The number of aromatic nitrogens is 3. The number of carbonyl (C=O) groups excluding carboxylic acids is 1. The summed E-state index contributed by atoms with van der Waals surface area (Å²) in [5.41, 5.74) is -0.899. The molecule has 0 aromatic carbocycles. The molecule has 7 nitrogen and oxygen atoms in total. The number of aromatic amines is 1. The molecule has 1 saturated carbocycles. The molecule has 1 amide bonds. The molecule has 1 atom stereocenters. The summed E-state index contributed by atoms with van der Waals surface area (Å²) in [5.74, 6) is -0.552. The lowest BCUT2D eigenvalue weighted by molar-refractivity contribution is -0.154. The molecule has 1 fully saturated rings. The molecular formula is C13H20N4O3. The average Bonchev–Trinajstić information content (AvgIpc) is 2.93. The van der Waals surface area contributed by atoms with Gasteiger partial charge in [0, 0.05) is 6.42 Å². The molecule has 0 radical (unpaired) electrons. The molecule has 1 heterocycles. The third-order valence-electron chi connectivity index (χ3n) is 3.98. The van der Waals surface area contributed by atoms with E-state index in [2.05, 4.69) is 20.5 Å². The van der Waals surface area contributed by atoms with Gasteiger partial charge in [0.1, 0.15) is 12.2 Å². The Morgan fingerprint density at radius 1 is 1.45 bits per heavy atom. The summed E-state index contributed by atoms with van der Waals surface area (Å²) in [6.45, 7) is 1.78. The SMILES string of the molecule is CC(NC(=O)CC1(C(=O)O)CCCCC1)c1ncn[nH]1. The van der Waals surface area contributed by atoms with Gasteiger partial charge in [0.15, 0.2) is 0 Å². The fourth-order valence-corrected chi connectivity index (χ4v) is 2.79. The van der Waals surface area contributed by atoms with Crippen LogP contribution < -0.4 is 5.32 Å². The minimum Gasteiger partial charge on any atom is -0.481 e. The van der Waals surface area contributed by atoms with Crippen LogP contribution in [0.15, 0.2) is 6.33 Å². The maximum atomic E-state index is 12.1. The monoisotopic (exact) mass is 280 g/mol. The second-order valence-corrected chi connectivity index (χ2v) is 5.48. The zero-order valence-electron chi connectivity index (χ0n) is 11.6. The highest BCUT2D eigenvalue weighted by Crippen LogP contribution is 2.39. The second-order valence-electron chi connectivity index (χ2n) is 5.48. The van der Waals surface area contributed by atoms with E-state index in [1.807, 2.05) is 0 Å². The summed E-state index contributed by atoms with van der Waals surface area (Å²) in [6, 6.07) is -0.306. The molecule has 1 aliphatic rings. The van der Waals surface area contributed by atoms with Gasteiger partial charge >= 0.3 is 5.97 Å². The van der Waals surface area contributed by atoms with Crippen molar-refractivity contribution in [1.29, 1.82) is 0 Å². The van der Waals surface area contributed by atoms with Gasteiger partial charge < -0.3 is 10.4 Å². The molecule has 1 unspecified atom stereocenters. The molecule has 7 heteroatoms.